The minimum Gasteiger partial charge on any atom is -0.492 e. The highest BCUT2D eigenvalue weighted by Crippen LogP contribution is 2.22. The normalized spacial score (nSPS) is 14.6. The summed E-state index contributed by atoms with van der Waals surface area (Å²) in [6.07, 6.45) is 1.83. The first-order valence-electron chi connectivity index (χ1n) is 10.1. The van der Waals surface area contributed by atoms with Gasteiger partial charge < -0.3 is 10.1 Å². The Kier molecular flexibility index (Phi) is 8.18. The third-order valence-corrected chi connectivity index (χ3v) is 7.87. The van der Waals surface area contributed by atoms with Crippen molar-refractivity contribution < 1.29 is 17.9 Å². The standard InChI is InChI=1S/C22H28N2O4S2/c1-18-6-2-3-7-19(18)16-29-17-22(25)23-12-15-28-20-8-10-21(11-9-20)30(26,27)24-13-4-5-14-24/h2-3,6-11H,4-5,12-17H2,1H3,(H,23,25). The van der Waals surface area contributed by atoms with Crippen LogP contribution in [0.3, 0.4) is 0 Å². The molecule has 1 aliphatic heterocycles. The molecule has 6 nitrogen and oxygen atoms in total. The molecule has 3 rings (SSSR count). The molecule has 1 N–H and O–H groups in total. The highest BCUT2D eigenvalue weighted by Gasteiger charge is 2.26. The van der Waals surface area contributed by atoms with Gasteiger partial charge in [-0.05, 0) is 55.2 Å². The van der Waals surface area contributed by atoms with Gasteiger partial charge in [0.1, 0.15) is 12.4 Å². The van der Waals surface area contributed by atoms with Gasteiger partial charge in [-0.25, -0.2) is 8.42 Å². The molecular formula is C22H28N2O4S2. The second kappa shape index (κ2) is 10.8. The molecule has 1 fully saturated rings. The second-order valence-corrected chi connectivity index (χ2v) is 10.1. The molecule has 0 unspecified atom stereocenters. The summed E-state index contributed by atoms with van der Waals surface area (Å²) < 4.78 is 32.2. The molecule has 0 aliphatic carbocycles. The Morgan fingerprint density at radius 3 is 2.50 bits per heavy atom. The van der Waals surface area contributed by atoms with Crippen molar-refractivity contribution in [1.82, 2.24) is 9.62 Å². The number of hydrogen-bond donors (Lipinski definition) is 1. The Labute approximate surface area is 183 Å². The number of ether oxygens (including phenoxy) is 1. The lowest BCUT2D eigenvalue weighted by Crippen LogP contribution is -2.29. The summed E-state index contributed by atoms with van der Waals surface area (Å²) in [5.74, 6) is 1.77. The summed E-state index contributed by atoms with van der Waals surface area (Å²) in [4.78, 5) is 12.2. The fourth-order valence-electron chi connectivity index (χ4n) is 3.22. The van der Waals surface area contributed by atoms with Crippen molar-refractivity contribution in [3.8, 4) is 5.75 Å². The van der Waals surface area contributed by atoms with Gasteiger partial charge in [0.05, 0.1) is 17.2 Å². The first kappa shape index (κ1) is 22.7. The summed E-state index contributed by atoms with van der Waals surface area (Å²) >= 11 is 1.58. The molecule has 2 aromatic rings. The van der Waals surface area contributed by atoms with Crippen molar-refractivity contribution in [3.63, 3.8) is 0 Å². The topological polar surface area (TPSA) is 75.7 Å². The highest BCUT2D eigenvalue weighted by molar-refractivity contribution is 7.99. The van der Waals surface area contributed by atoms with Crippen LogP contribution in [-0.4, -0.2) is 50.6 Å². The van der Waals surface area contributed by atoms with E-state index in [2.05, 4.69) is 24.4 Å². The fourth-order valence-corrected chi connectivity index (χ4v) is 5.67. The van der Waals surface area contributed by atoms with E-state index in [4.69, 9.17) is 4.74 Å². The summed E-state index contributed by atoms with van der Waals surface area (Å²) in [7, 11) is -3.41. The van der Waals surface area contributed by atoms with Crippen molar-refractivity contribution in [2.45, 2.75) is 30.4 Å². The molecule has 2 aromatic carbocycles. The van der Waals surface area contributed by atoms with E-state index in [0.29, 0.717) is 37.7 Å². The maximum absolute atomic E-state index is 12.5. The molecule has 0 radical (unpaired) electrons. The van der Waals surface area contributed by atoms with Crippen molar-refractivity contribution in [3.05, 3.63) is 59.7 Å². The molecule has 0 atom stereocenters. The number of benzene rings is 2. The van der Waals surface area contributed by atoms with Crippen molar-refractivity contribution >= 4 is 27.7 Å². The maximum atomic E-state index is 12.5. The first-order valence-corrected chi connectivity index (χ1v) is 12.7. The quantitative estimate of drug-likeness (QED) is 0.565. The molecule has 0 spiro atoms. The van der Waals surface area contributed by atoms with Crippen molar-refractivity contribution in [1.29, 1.82) is 0 Å². The predicted molar refractivity (Wildman–Crippen MR) is 120 cm³/mol. The molecule has 0 saturated carbocycles. The van der Waals surface area contributed by atoms with Crippen LogP contribution in [0.15, 0.2) is 53.4 Å². The summed E-state index contributed by atoms with van der Waals surface area (Å²) in [5.41, 5.74) is 2.48. The molecule has 8 heteroatoms. The smallest absolute Gasteiger partial charge is 0.243 e. The fraction of sp³-hybridized carbons (Fsp3) is 0.409. The van der Waals surface area contributed by atoms with E-state index in [9.17, 15) is 13.2 Å². The van der Waals surface area contributed by atoms with E-state index >= 15 is 0 Å². The van der Waals surface area contributed by atoms with E-state index in [1.165, 1.54) is 15.4 Å². The monoisotopic (exact) mass is 448 g/mol. The van der Waals surface area contributed by atoms with E-state index in [1.807, 2.05) is 12.1 Å². The Bertz CT molecular complexity index is 940. The van der Waals surface area contributed by atoms with Crippen LogP contribution in [0, 0.1) is 6.92 Å². The zero-order valence-corrected chi connectivity index (χ0v) is 18.8. The van der Waals surface area contributed by atoms with Crippen LogP contribution >= 0.6 is 11.8 Å². The summed E-state index contributed by atoms with van der Waals surface area (Å²) in [6.45, 7) is 3.97. The molecule has 1 saturated heterocycles. The number of hydrogen-bond acceptors (Lipinski definition) is 5. The van der Waals surface area contributed by atoms with Gasteiger partial charge in [0.15, 0.2) is 0 Å². The van der Waals surface area contributed by atoms with Crippen LogP contribution in [0.25, 0.3) is 0 Å². The summed E-state index contributed by atoms with van der Waals surface area (Å²) in [5, 5.41) is 2.84. The SMILES string of the molecule is Cc1ccccc1CSCC(=O)NCCOc1ccc(S(=O)(=O)N2CCCC2)cc1. The minimum absolute atomic E-state index is 0.0239. The number of amides is 1. The molecule has 1 amide bonds. The lowest BCUT2D eigenvalue weighted by molar-refractivity contribution is -0.118. The van der Waals surface area contributed by atoms with E-state index < -0.39 is 10.0 Å². The molecule has 30 heavy (non-hydrogen) atoms. The van der Waals surface area contributed by atoms with Crippen LogP contribution in [0.5, 0.6) is 5.75 Å². The molecular weight excluding hydrogens is 420 g/mol. The third-order valence-electron chi connectivity index (χ3n) is 4.97. The second-order valence-electron chi connectivity index (χ2n) is 7.20. The Hall–Kier alpha value is -2.03. The van der Waals surface area contributed by atoms with Crippen LogP contribution in [0.2, 0.25) is 0 Å². The van der Waals surface area contributed by atoms with E-state index in [1.54, 1.807) is 36.0 Å². The minimum atomic E-state index is -3.41. The summed E-state index contributed by atoms with van der Waals surface area (Å²) in [6, 6.07) is 14.6. The molecule has 1 aliphatic rings. The molecule has 0 aromatic heterocycles. The van der Waals surface area contributed by atoms with Gasteiger partial charge in [0.2, 0.25) is 15.9 Å². The number of nitrogens with one attached hydrogen (secondary N) is 1. The molecule has 0 bridgehead atoms. The number of carbonyl (C=O) groups is 1. The number of nitrogens with zero attached hydrogens (tertiary/aromatic N) is 1. The van der Waals surface area contributed by atoms with Gasteiger partial charge in [0.25, 0.3) is 0 Å². The van der Waals surface area contributed by atoms with Gasteiger partial charge >= 0.3 is 0 Å². The van der Waals surface area contributed by atoms with Crippen LogP contribution in [-0.2, 0) is 20.6 Å². The third kappa shape index (κ3) is 6.23. The van der Waals surface area contributed by atoms with E-state index in [0.717, 1.165) is 18.6 Å². The first-order chi connectivity index (χ1) is 14.5. The van der Waals surface area contributed by atoms with Gasteiger partial charge in [-0.15, -0.1) is 11.8 Å². The van der Waals surface area contributed by atoms with Crippen molar-refractivity contribution in [2.75, 3.05) is 32.0 Å². The molecule has 162 valence electrons. The molecule has 1 heterocycles. The van der Waals surface area contributed by atoms with Crippen LogP contribution in [0.4, 0.5) is 0 Å². The van der Waals surface area contributed by atoms with Gasteiger partial charge in [-0.2, -0.15) is 4.31 Å². The Morgan fingerprint density at radius 1 is 1.10 bits per heavy atom. The lowest BCUT2D eigenvalue weighted by atomic mass is 10.1. The van der Waals surface area contributed by atoms with Crippen molar-refractivity contribution in [2.24, 2.45) is 0 Å². The highest BCUT2D eigenvalue weighted by atomic mass is 32.2. The Balaban J connectivity index is 1.35. The maximum Gasteiger partial charge on any atom is 0.243 e. The number of aryl methyl sites for hydroxylation is 1. The van der Waals surface area contributed by atoms with Gasteiger partial charge in [-0.3, -0.25) is 4.79 Å². The van der Waals surface area contributed by atoms with Crippen LogP contribution in [0.1, 0.15) is 24.0 Å². The number of rotatable bonds is 10. The zero-order valence-electron chi connectivity index (χ0n) is 17.2. The largest absolute Gasteiger partial charge is 0.492 e. The number of thioether (sulfide) groups is 1. The van der Waals surface area contributed by atoms with Gasteiger partial charge in [0, 0.05) is 18.8 Å². The zero-order chi connectivity index (χ0) is 21.4. The average Bonchev–Trinajstić information content (AvgIpc) is 3.29. The Morgan fingerprint density at radius 2 is 1.80 bits per heavy atom. The predicted octanol–water partition coefficient (Wildman–Crippen LogP) is 3.21. The number of sulfonamides is 1. The average molecular weight is 449 g/mol. The number of carbonyl (C=O) groups excluding carboxylic acids is 1. The lowest BCUT2D eigenvalue weighted by Gasteiger charge is -2.15. The van der Waals surface area contributed by atoms with Crippen LogP contribution < -0.4 is 10.1 Å². The van der Waals surface area contributed by atoms with E-state index in [-0.39, 0.29) is 10.8 Å². The van der Waals surface area contributed by atoms with Gasteiger partial charge in [-0.1, -0.05) is 24.3 Å².